The number of carbonyl (C=O) groups is 2. The van der Waals surface area contributed by atoms with Gasteiger partial charge in [-0.25, -0.2) is 9.78 Å². The Labute approximate surface area is 117 Å². The van der Waals surface area contributed by atoms with Gasteiger partial charge in [-0.3, -0.25) is 4.79 Å². The number of nitrogens with zero attached hydrogens (tertiary/aromatic N) is 1. The Bertz CT molecular complexity index is 500. The Morgan fingerprint density at radius 3 is 2.90 bits per heavy atom. The lowest BCUT2D eigenvalue weighted by Gasteiger charge is -2.18. The number of carbonyl (C=O) groups excluding carboxylic acids is 1. The fourth-order valence-corrected chi connectivity index (χ4v) is 2.09. The van der Waals surface area contributed by atoms with Gasteiger partial charge in [-0.15, -0.1) is 0 Å². The average molecular weight is 278 g/mol. The second-order valence-electron chi connectivity index (χ2n) is 4.81. The highest BCUT2D eigenvalue weighted by Crippen LogP contribution is 2.35. The molecule has 2 rings (SSSR count). The Hall–Kier alpha value is -2.11. The zero-order chi connectivity index (χ0) is 14.5. The number of hydrogen-bond donors (Lipinski definition) is 2. The van der Waals surface area contributed by atoms with E-state index >= 15 is 0 Å². The molecule has 0 amide bonds. The number of aromatic nitrogens is 1. The van der Waals surface area contributed by atoms with Crippen molar-refractivity contribution in [1.29, 1.82) is 0 Å². The van der Waals surface area contributed by atoms with Gasteiger partial charge in [0.05, 0.1) is 13.0 Å². The van der Waals surface area contributed by atoms with Crippen molar-refractivity contribution in [3.8, 4) is 0 Å². The largest absolute Gasteiger partial charge is 0.481 e. The first kappa shape index (κ1) is 14.3. The first-order valence-electron chi connectivity index (χ1n) is 6.72. The van der Waals surface area contributed by atoms with Crippen LogP contribution in [0.4, 0.5) is 5.82 Å². The number of pyridine rings is 1. The van der Waals surface area contributed by atoms with Gasteiger partial charge in [0.15, 0.2) is 0 Å². The summed E-state index contributed by atoms with van der Waals surface area (Å²) >= 11 is 0. The molecule has 1 unspecified atom stereocenters. The van der Waals surface area contributed by atoms with Gasteiger partial charge in [-0.05, 0) is 37.8 Å². The smallest absolute Gasteiger partial charge is 0.341 e. The molecule has 1 fully saturated rings. The van der Waals surface area contributed by atoms with E-state index in [-0.39, 0.29) is 19.1 Å². The van der Waals surface area contributed by atoms with Crippen molar-refractivity contribution in [2.75, 3.05) is 11.9 Å². The first-order valence-corrected chi connectivity index (χ1v) is 6.72. The summed E-state index contributed by atoms with van der Waals surface area (Å²) < 4.78 is 4.97. The molecule has 6 nitrogen and oxygen atoms in total. The number of hydrogen-bond acceptors (Lipinski definition) is 5. The van der Waals surface area contributed by atoms with Gasteiger partial charge in [-0.1, -0.05) is 0 Å². The molecule has 20 heavy (non-hydrogen) atoms. The number of carboxylic acids is 1. The summed E-state index contributed by atoms with van der Waals surface area (Å²) in [6.07, 6.45) is 3.60. The fourth-order valence-electron chi connectivity index (χ4n) is 2.09. The topological polar surface area (TPSA) is 88.5 Å². The van der Waals surface area contributed by atoms with Crippen LogP contribution in [0.1, 0.15) is 36.5 Å². The van der Waals surface area contributed by atoms with Crippen molar-refractivity contribution < 1.29 is 19.4 Å². The number of rotatable bonds is 7. The highest BCUT2D eigenvalue weighted by Gasteiger charge is 2.33. The van der Waals surface area contributed by atoms with Gasteiger partial charge in [-0.2, -0.15) is 0 Å². The normalized spacial score (nSPS) is 15.4. The third-order valence-electron chi connectivity index (χ3n) is 3.21. The van der Waals surface area contributed by atoms with Crippen LogP contribution in [0, 0.1) is 5.92 Å². The molecule has 1 saturated carbocycles. The maximum absolute atomic E-state index is 11.8. The molecule has 0 spiro atoms. The molecule has 0 aliphatic heterocycles. The first-order chi connectivity index (χ1) is 9.61. The van der Waals surface area contributed by atoms with E-state index in [1.54, 1.807) is 25.3 Å². The highest BCUT2D eigenvalue weighted by molar-refractivity contribution is 5.94. The number of aliphatic carboxylic acids is 1. The van der Waals surface area contributed by atoms with Crippen LogP contribution < -0.4 is 5.32 Å². The molecule has 1 aromatic heterocycles. The summed E-state index contributed by atoms with van der Waals surface area (Å²) in [4.78, 5) is 26.9. The molecule has 1 aliphatic carbocycles. The minimum absolute atomic E-state index is 0.0174. The van der Waals surface area contributed by atoms with E-state index in [2.05, 4.69) is 10.3 Å². The zero-order valence-corrected chi connectivity index (χ0v) is 11.3. The third kappa shape index (κ3) is 3.69. The van der Waals surface area contributed by atoms with E-state index in [0.717, 1.165) is 12.8 Å². The molecule has 1 atom stereocenters. The quantitative estimate of drug-likeness (QED) is 0.741. The van der Waals surface area contributed by atoms with Crippen molar-refractivity contribution in [2.24, 2.45) is 5.92 Å². The summed E-state index contributed by atoms with van der Waals surface area (Å²) in [7, 11) is 0. The number of esters is 1. The number of carboxylic acid groups (broad SMARTS) is 1. The van der Waals surface area contributed by atoms with Crippen molar-refractivity contribution in [2.45, 2.75) is 32.2 Å². The fraction of sp³-hybridized carbons (Fsp3) is 0.500. The van der Waals surface area contributed by atoms with E-state index in [1.807, 2.05) is 0 Å². The Morgan fingerprint density at radius 2 is 2.30 bits per heavy atom. The molecule has 0 aromatic carbocycles. The van der Waals surface area contributed by atoms with Crippen molar-refractivity contribution >= 4 is 17.8 Å². The highest BCUT2D eigenvalue weighted by atomic mass is 16.5. The molecule has 108 valence electrons. The average Bonchev–Trinajstić information content (AvgIpc) is 3.22. The van der Waals surface area contributed by atoms with Crippen LogP contribution in [0.2, 0.25) is 0 Å². The molecule has 2 N–H and O–H groups in total. The van der Waals surface area contributed by atoms with Gasteiger partial charge in [0.2, 0.25) is 0 Å². The van der Waals surface area contributed by atoms with Crippen molar-refractivity contribution in [3.63, 3.8) is 0 Å². The molecule has 0 bridgehead atoms. The predicted molar refractivity (Wildman–Crippen MR) is 72.6 cm³/mol. The molecule has 1 heterocycles. The van der Waals surface area contributed by atoms with Gasteiger partial charge in [0, 0.05) is 12.2 Å². The van der Waals surface area contributed by atoms with Crippen LogP contribution in [-0.4, -0.2) is 34.7 Å². The Kier molecular flexibility index (Phi) is 4.55. The van der Waals surface area contributed by atoms with E-state index in [9.17, 15) is 9.59 Å². The van der Waals surface area contributed by atoms with Crippen LogP contribution in [0.15, 0.2) is 18.3 Å². The monoisotopic (exact) mass is 278 g/mol. The summed E-state index contributed by atoms with van der Waals surface area (Å²) in [5.74, 6) is -0.580. The Morgan fingerprint density at radius 1 is 1.55 bits per heavy atom. The van der Waals surface area contributed by atoms with Gasteiger partial charge in [0.1, 0.15) is 11.4 Å². The SMILES string of the molecule is CCOC(=O)c1cccnc1NC(CC(=O)O)C1CC1. The van der Waals surface area contributed by atoms with Gasteiger partial charge >= 0.3 is 11.9 Å². The molecule has 1 aliphatic rings. The summed E-state index contributed by atoms with van der Waals surface area (Å²) in [5, 5.41) is 12.0. The van der Waals surface area contributed by atoms with E-state index in [4.69, 9.17) is 9.84 Å². The second-order valence-corrected chi connectivity index (χ2v) is 4.81. The summed E-state index contributed by atoms with van der Waals surface area (Å²) in [6, 6.07) is 3.08. The van der Waals surface area contributed by atoms with E-state index in [0.29, 0.717) is 17.3 Å². The number of anilines is 1. The van der Waals surface area contributed by atoms with Crippen LogP contribution in [0.3, 0.4) is 0 Å². The third-order valence-corrected chi connectivity index (χ3v) is 3.21. The van der Waals surface area contributed by atoms with Crippen LogP contribution in [0.5, 0.6) is 0 Å². The molecular formula is C14H18N2O4. The molecule has 0 saturated heterocycles. The van der Waals surface area contributed by atoms with Gasteiger partial charge < -0.3 is 15.2 Å². The van der Waals surface area contributed by atoms with Crippen LogP contribution in [0.25, 0.3) is 0 Å². The van der Waals surface area contributed by atoms with Crippen molar-refractivity contribution in [3.05, 3.63) is 23.9 Å². The lowest BCUT2D eigenvalue weighted by molar-refractivity contribution is -0.137. The lowest BCUT2D eigenvalue weighted by Crippen LogP contribution is -2.27. The molecule has 0 radical (unpaired) electrons. The molecule has 6 heteroatoms. The van der Waals surface area contributed by atoms with Gasteiger partial charge in [0.25, 0.3) is 0 Å². The minimum atomic E-state index is -0.858. The summed E-state index contributed by atoms with van der Waals surface area (Å²) in [5.41, 5.74) is 0.338. The standard InChI is InChI=1S/C14H18N2O4/c1-2-20-14(19)10-4-3-7-15-13(10)16-11(8-12(17)18)9-5-6-9/h3-4,7,9,11H,2,5-6,8H2,1H3,(H,15,16)(H,17,18). The summed E-state index contributed by atoms with van der Waals surface area (Å²) in [6.45, 7) is 2.02. The number of ether oxygens (including phenoxy) is 1. The van der Waals surface area contributed by atoms with Crippen molar-refractivity contribution in [1.82, 2.24) is 4.98 Å². The maximum atomic E-state index is 11.8. The van der Waals surface area contributed by atoms with Crippen LogP contribution >= 0.6 is 0 Å². The maximum Gasteiger partial charge on any atom is 0.341 e. The minimum Gasteiger partial charge on any atom is -0.481 e. The second kappa shape index (κ2) is 6.36. The molecular weight excluding hydrogens is 260 g/mol. The zero-order valence-electron chi connectivity index (χ0n) is 11.3. The van der Waals surface area contributed by atoms with E-state index in [1.165, 1.54) is 0 Å². The molecule has 1 aromatic rings. The lowest BCUT2D eigenvalue weighted by atomic mass is 10.1. The predicted octanol–water partition coefficient (Wildman–Crippen LogP) is 1.92. The Balaban J connectivity index is 2.14. The van der Waals surface area contributed by atoms with E-state index < -0.39 is 11.9 Å². The number of nitrogens with one attached hydrogen (secondary N) is 1. The van der Waals surface area contributed by atoms with Crippen LogP contribution in [-0.2, 0) is 9.53 Å².